The summed E-state index contributed by atoms with van der Waals surface area (Å²) in [6, 6.07) is 4.75. The van der Waals surface area contributed by atoms with E-state index in [1.165, 1.54) is 12.1 Å². The molecule has 0 aliphatic carbocycles. The summed E-state index contributed by atoms with van der Waals surface area (Å²) in [7, 11) is 1.71. The van der Waals surface area contributed by atoms with Gasteiger partial charge in [0.1, 0.15) is 5.78 Å². The van der Waals surface area contributed by atoms with Crippen LogP contribution in [0.15, 0.2) is 28.4 Å². The Morgan fingerprint density at radius 3 is 2.18 bits per heavy atom. The lowest BCUT2D eigenvalue weighted by molar-refractivity contribution is -0.119. The Labute approximate surface area is 206 Å². The second kappa shape index (κ2) is 15.9. The fourth-order valence-corrected chi connectivity index (χ4v) is 2.88. The van der Waals surface area contributed by atoms with E-state index >= 15 is 0 Å². The second-order valence-corrected chi connectivity index (χ2v) is 8.30. The molecule has 1 aromatic rings. The molecule has 0 spiro atoms. The van der Waals surface area contributed by atoms with E-state index in [1.807, 2.05) is 13.8 Å². The topological polar surface area (TPSA) is 130 Å². The van der Waals surface area contributed by atoms with Crippen LogP contribution < -0.4 is 21.5 Å². The first-order valence-electron chi connectivity index (χ1n) is 10.9. The molecule has 0 amide bonds. The van der Waals surface area contributed by atoms with Crippen molar-refractivity contribution in [2.75, 3.05) is 13.6 Å². The van der Waals surface area contributed by atoms with E-state index in [-0.39, 0.29) is 17.3 Å². The molecule has 0 fully saturated rings. The van der Waals surface area contributed by atoms with Crippen molar-refractivity contribution in [2.24, 2.45) is 10.2 Å². The van der Waals surface area contributed by atoms with Crippen LogP contribution in [0, 0.1) is 0 Å². The molecule has 6 N–H and O–H groups in total. The molecule has 1 rings (SSSR count). The van der Waals surface area contributed by atoms with E-state index in [0.29, 0.717) is 47.5 Å². The molecule has 0 saturated carbocycles. The maximum Gasteiger partial charge on any atom is 0.186 e. The van der Waals surface area contributed by atoms with Crippen molar-refractivity contribution < 1.29 is 15.0 Å². The van der Waals surface area contributed by atoms with E-state index < -0.39 is 0 Å². The molecule has 0 aliphatic rings. The van der Waals surface area contributed by atoms with Crippen molar-refractivity contribution in [3.05, 3.63) is 23.8 Å². The highest BCUT2D eigenvalue weighted by Gasteiger charge is 2.05. The number of nitrogens with one attached hydrogen (secondary N) is 4. The third-order valence-corrected chi connectivity index (χ3v) is 5.31. The van der Waals surface area contributed by atoms with Gasteiger partial charge in [-0.2, -0.15) is 10.2 Å². The molecular formula is C22H34N6O3S2. The number of nitrogens with zero attached hydrogens (tertiary/aromatic N) is 2. The number of hydrogen-bond donors (Lipinski definition) is 6. The molecule has 11 heteroatoms. The highest BCUT2D eigenvalue weighted by molar-refractivity contribution is 7.80. The van der Waals surface area contributed by atoms with Crippen LogP contribution in [0.3, 0.4) is 0 Å². The van der Waals surface area contributed by atoms with E-state index in [2.05, 4.69) is 31.7 Å². The summed E-state index contributed by atoms with van der Waals surface area (Å²) in [5, 5.41) is 33.8. The first-order chi connectivity index (χ1) is 15.7. The van der Waals surface area contributed by atoms with Crippen molar-refractivity contribution in [3.8, 4) is 11.5 Å². The molecule has 0 aromatic heterocycles. The van der Waals surface area contributed by atoms with Gasteiger partial charge in [-0.15, -0.1) is 0 Å². The quantitative estimate of drug-likeness (QED) is 0.0806. The smallest absolute Gasteiger partial charge is 0.186 e. The molecule has 9 nitrogen and oxygen atoms in total. The SMILES string of the molecule is CNC(=S)N/N=C(C)/C(C)=N/NC(=S)NCCCCCC(=O)CCCc1ccc(O)c(O)c1. The number of ketones is 1. The van der Waals surface area contributed by atoms with Crippen LogP contribution in [0.4, 0.5) is 0 Å². The summed E-state index contributed by atoms with van der Waals surface area (Å²) in [5.41, 5.74) is 7.73. The van der Waals surface area contributed by atoms with Crippen LogP contribution in [0.25, 0.3) is 0 Å². The lowest BCUT2D eigenvalue weighted by atomic mass is 10.0. The monoisotopic (exact) mass is 494 g/mol. The van der Waals surface area contributed by atoms with Crippen molar-refractivity contribution in [1.82, 2.24) is 21.5 Å². The minimum Gasteiger partial charge on any atom is -0.504 e. The van der Waals surface area contributed by atoms with Gasteiger partial charge in [0.25, 0.3) is 0 Å². The Kier molecular flexibility index (Phi) is 13.6. The van der Waals surface area contributed by atoms with E-state index in [4.69, 9.17) is 24.4 Å². The standard InChI is InChI=1S/C22H34N6O3S2/c1-15(25-27-21(32)23-3)16(2)26-28-22(33)24-13-6-4-5-9-18(29)10-7-8-17-11-12-19(30)20(31)14-17/h11-12,14,30-31H,4-10,13H2,1-3H3,(H2,23,27,32)(H2,24,28,33)/b25-15+,26-16+. The van der Waals surface area contributed by atoms with Crippen LogP contribution >= 0.6 is 24.4 Å². The summed E-state index contributed by atoms with van der Waals surface area (Å²) in [5.74, 6) is -0.0160. The van der Waals surface area contributed by atoms with Crippen molar-refractivity contribution in [2.45, 2.75) is 58.8 Å². The number of hydrazone groups is 2. The molecule has 0 aliphatic heterocycles. The maximum absolute atomic E-state index is 12.0. The van der Waals surface area contributed by atoms with E-state index in [0.717, 1.165) is 31.2 Å². The van der Waals surface area contributed by atoms with Crippen molar-refractivity contribution in [1.29, 1.82) is 0 Å². The number of aryl methyl sites for hydroxylation is 1. The number of aromatic hydroxyl groups is 2. The zero-order valence-electron chi connectivity index (χ0n) is 19.4. The summed E-state index contributed by atoms with van der Waals surface area (Å²) in [4.78, 5) is 12.0. The Bertz CT molecular complexity index is 874. The van der Waals surface area contributed by atoms with Crippen LogP contribution in [-0.4, -0.2) is 51.2 Å². The minimum absolute atomic E-state index is 0.129. The third kappa shape index (κ3) is 12.7. The molecule has 1 aromatic carbocycles. The number of hydrogen-bond acceptors (Lipinski definition) is 7. The molecule has 0 radical (unpaired) electrons. The average molecular weight is 495 g/mol. The summed E-state index contributed by atoms with van der Waals surface area (Å²) in [6.07, 6.45) is 5.18. The highest BCUT2D eigenvalue weighted by Crippen LogP contribution is 2.25. The van der Waals surface area contributed by atoms with Crippen molar-refractivity contribution >= 4 is 51.9 Å². The Morgan fingerprint density at radius 1 is 0.909 bits per heavy atom. The van der Waals surface area contributed by atoms with E-state index in [1.54, 1.807) is 13.1 Å². The number of carbonyl (C=O) groups is 1. The Hall–Kier alpha value is -2.79. The lowest BCUT2D eigenvalue weighted by Gasteiger charge is -2.08. The molecule has 0 atom stereocenters. The summed E-state index contributed by atoms with van der Waals surface area (Å²) < 4.78 is 0. The number of rotatable bonds is 13. The van der Waals surface area contributed by atoms with Gasteiger partial charge in [-0.1, -0.05) is 12.5 Å². The van der Waals surface area contributed by atoms with Gasteiger partial charge in [-0.25, -0.2) is 0 Å². The number of thiocarbonyl (C=S) groups is 2. The first kappa shape index (κ1) is 28.2. The number of benzene rings is 1. The normalized spacial score (nSPS) is 11.6. The molecule has 0 bridgehead atoms. The zero-order chi connectivity index (χ0) is 24.6. The molecular weight excluding hydrogens is 460 g/mol. The van der Waals surface area contributed by atoms with Gasteiger partial charge >= 0.3 is 0 Å². The van der Waals surface area contributed by atoms with Crippen LogP contribution in [0.1, 0.15) is 57.9 Å². The van der Waals surface area contributed by atoms with Gasteiger partial charge in [-0.05, 0) is 81.7 Å². The minimum atomic E-state index is -0.132. The van der Waals surface area contributed by atoms with Crippen LogP contribution in [0.5, 0.6) is 11.5 Å². The highest BCUT2D eigenvalue weighted by atomic mass is 32.1. The number of phenols is 2. The second-order valence-electron chi connectivity index (χ2n) is 7.48. The van der Waals surface area contributed by atoms with E-state index in [9.17, 15) is 15.0 Å². The number of phenolic OH excluding ortho intramolecular Hbond substituents is 2. The largest absolute Gasteiger partial charge is 0.504 e. The van der Waals surface area contributed by atoms with Gasteiger partial charge in [0.05, 0.1) is 11.4 Å². The fraction of sp³-hybridized carbons (Fsp3) is 0.500. The van der Waals surface area contributed by atoms with Gasteiger partial charge in [-0.3, -0.25) is 15.6 Å². The fourth-order valence-electron chi connectivity index (χ4n) is 2.69. The number of Topliss-reactive ketones (excluding diaryl/α,β-unsaturated/α-hetero) is 1. The number of carbonyl (C=O) groups excluding carboxylic acids is 1. The molecule has 0 saturated heterocycles. The van der Waals surface area contributed by atoms with Crippen molar-refractivity contribution in [3.63, 3.8) is 0 Å². The van der Waals surface area contributed by atoms with Crippen LogP contribution in [0.2, 0.25) is 0 Å². The predicted molar refractivity (Wildman–Crippen MR) is 141 cm³/mol. The summed E-state index contributed by atoms with van der Waals surface area (Å²) in [6.45, 7) is 4.32. The van der Waals surface area contributed by atoms with Gasteiger partial charge in [0, 0.05) is 26.4 Å². The van der Waals surface area contributed by atoms with Gasteiger partial charge < -0.3 is 20.8 Å². The molecule has 182 valence electrons. The van der Waals surface area contributed by atoms with Gasteiger partial charge in [0.15, 0.2) is 21.7 Å². The molecule has 0 unspecified atom stereocenters. The Balaban J connectivity index is 2.11. The van der Waals surface area contributed by atoms with Crippen LogP contribution in [-0.2, 0) is 11.2 Å². The summed E-state index contributed by atoms with van der Waals surface area (Å²) >= 11 is 10.2. The first-order valence-corrected chi connectivity index (χ1v) is 11.7. The Morgan fingerprint density at radius 2 is 1.55 bits per heavy atom. The zero-order valence-corrected chi connectivity index (χ0v) is 21.0. The third-order valence-electron chi connectivity index (χ3n) is 4.78. The average Bonchev–Trinajstić information content (AvgIpc) is 2.80. The van der Waals surface area contributed by atoms with Gasteiger partial charge in [0.2, 0.25) is 0 Å². The molecule has 0 heterocycles. The molecule has 33 heavy (non-hydrogen) atoms. The number of unbranched alkanes of at least 4 members (excludes halogenated alkanes) is 2. The lowest BCUT2D eigenvalue weighted by Crippen LogP contribution is -2.34. The maximum atomic E-state index is 12.0. The predicted octanol–water partition coefficient (Wildman–Crippen LogP) is 2.86.